The molecule has 0 aliphatic carbocycles. The highest BCUT2D eigenvalue weighted by Crippen LogP contribution is 2.33. The molecule has 106 valence electrons. The zero-order valence-corrected chi connectivity index (χ0v) is 11.9. The second-order valence-corrected chi connectivity index (χ2v) is 5.33. The highest BCUT2D eigenvalue weighted by Gasteiger charge is 2.19. The van der Waals surface area contributed by atoms with Gasteiger partial charge >= 0.3 is 0 Å². The van der Waals surface area contributed by atoms with Crippen molar-refractivity contribution >= 4 is 28.2 Å². The summed E-state index contributed by atoms with van der Waals surface area (Å²) in [7, 11) is 0. The molecule has 1 unspecified atom stereocenters. The van der Waals surface area contributed by atoms with Crippen LogP contribution in [0.2, 0.25) is 0 Å². The van der Waals surface area contributed by atoms with Gasteiger partial charge in [0.2, 0.25) is 5.76 Å². The van der Waals surface area contributed by atoms with Crippen LogP contribution in [0.4, 0.5) is 0 Å². The molecular formula is C15H17NO3S. The van der Waals surface area contributed by atoms with Crippen LogP contribution >= 0.6 is 12.2 Å². The number of thiocarbonyl (C=S) groups is 1. The second-order valence-electron chi connectivity index (χ2n) is 4.89. The van der Waals surface area contributed by atoms with Crippen LogP contribution in [0, 0.1) is 0 Å². The van der Waals surface area contributed by atoms with Gasteiger partial charge in [0.05, 0.1) is 18.1 Å². The van der Waals surface area contributed by atoms with E-state index in [1.807, 2.05) is 24.3 Å². The summed E-state index contributed by atoms with van der Waals surface area (Å²) >= 11 is 5.03. The highest BCUT2D eigenvalue weighted by molar-refractivity contribution is 7.80. The molecule has 1 aromatic heterocycles. The van der Waals surface area contributed by atoms with Crippen molar-refractivity contribution in [1.82, 2.24) is 0 Å². The van der Waals surface area contributed by atoms with Crippen LogP contribution in [0.1, 0.15) is 25.0 Å². The minimum atomic E-state index is 0.216. The maximum absolute atomic E-state index is 5.87. The summed E-state index contributed by atoms with van der Waals surface area (Å²) in [6.45, 7) is 1.43. The maximum Gasteiger partial charge on any atom is 0.204 e. The second kappa shape index (κ2) is 5.81. The van der Waals surface area contributed by atoms with E-state index in [1.165, 1.54) is 0 Å². The summed E-state index contributed by atoms with van der Waals surface area (Å²) in [5.74, 6) is 1.10. The van der Waals surface area contributed by atoms with Crippen LogP contribution in [-0.2, 0) is 4.74 Å². The van der Waals surface area contributed by atoms with Gasteiger partial charge in [-0.3, -0.25) is 0 Å². The summed E-state index contributed by atoms with van der Waals surface area (Å²) in [4.78, 5) is 0.216. The molecule has 3 rings (SSSR count). The Bertz CT molecular complexity index is 617. The van der Waals surface area contributed by atoms with Crippen LogP contribution in [0.15, 0.2) is 28.7 Å². The van der Waals surface area contributed by atoms with Gasteiger partial charge in [-0.1, -0.05) is 24.4 Å². The molecule has 2 aromatic rings. The molecule has 0 radical (unpaired) electrons. The van der Waals surface area contributed by atoms with Gasteiger partial charge < -0.3 is 19.6 Å². The standard InChI is InChI=1S/C15H17NO3S/c16-15(20)14-13(11-5-1-2-6-12(11)19-14)18-9-7-10-4-3-8-17-10/h1-2,5-6,10H,3-4,7-9H2,(H2,16,20). The first-order valence-electron chi connectivity index (χ1n) is 6.81. The number of hydrogen-bond acceptors (Lipinski definition) is 4. The van der Waals surface area contributed by atoms with Gasteiger partial charge in [0.1, 0.15) is 10.6 Å². The molecule has 5 heteroatoms. The van der Waals surface area contributed by atoms with E-state index < -0.39 is 0 Å². The Hall–Kier alpha value is -1.59. The Morgan fingerprint density at radius 2 is 2.25 bits per heavy atom. The quantitative estimate of drug-likeness (QED) is 0.858. The molecule has 1 aliphatic rings. The van der Waals surface area contributed by atoms with E-state index in [2.05, 4.69) is 0 Å². The molecule has 2 N–H and O–H groups in total. The van der Waals surface area contributed by atoms with Crippen LogP contribution < -0.4 is 10.5 Å². The topological polar surface area (TPSA) is 57.6 Å². The van der Waals surface area contributed by atoms with E-state index in [0.717, 1.165) is 36.8 Å². The number of rotatable bonds is 5. The number of nitrogens with two attached hydrogens (primary N) is 1. The Morgan fingerprint density at radius 1 is 1.40 bits per heavy atom. The molecule has 1 fully saturated rings. The number of benzene rings is 1. The Balaban J connectivity index is 1.78. The van der Waals surface area contributed by atoms with Crippen molar-refractivity contribution in [3.8, 4) is 5.75 Å². The van der Waals surface area contributed by atoms with Crippen molar-refractivity contribution in [2.24, 2.45) is 5.73 Å². The van der Waals surface area contributed by atoms with E-state index in [1.54, 1.807) is 0 Å². The monoisotopic (exact) mass is 291 g/mol. The zero-order valence-electron chi connectivity index (χ0n) is 11.1. The van der Waals surface area contributed by atoms with Crippen LogP contribution in [0.5, 0.6) is 5.75 Å². The van der Waals surface area contributed by atoms with Crippen molar-refractivity contribution in [2.75, 3.05) is 13.2 Å². The third kappa shape index (κ3) is 2.64. The van der Waals surface area contributed by atoms with Crippen molar-refractivity contribution in [3.05, 3.63) is 30.0 Å². The minimum absolute atomic E-state index is 0.216. The lowest BCUT2D eigenvalue weighted by Gasteiger charge is -2.10. The lowest BCUT2D eigenvalue weighted by atomic mass is 10.2. The van der Waals surface area contributed by atoms with Crippen LogP contribution in [0.25, 0.3) is 11.0 Å². The van der Waals surface area contributed by atoms with E-state index in [9.17, 15) is 0 Å². The number of fused-ring (bicyclic) bond motifs is 1. The smallest absolute Gasteiger partial charge is 0.204 e. The molecule has 1 aliphatic heterocycles. The van der Waals surface area contributed by atoms with Gasteiger partial charge in [0.25, 0.3) is 0 Å². The van der Waals surface area contributed by atoms with Crippen molar-refractivity contribution in [3.63, 3.8) is 0 Å². The first kappa shape index (κ1) is 13.4. The lowest BCUT2D eigenvalue weighted by molar-refractivity contribution is 0.0904. The number of hydrogen-bond donors (Lipinski definition) is 1. The molecule has 1 aromatic carbocycles. The van der Waals surface area contributed by atoms with E-state index in [-0.39, 0.29) is 4.99 Å². The zero-order chi connectivity index (χ0) is 13.9. The van der Waals surface area contributed by atoms with Gasteiger partial charge in [0, 0.05) is 13.0 Å². The first-order valence-corrected chi connectivity index (χ1v) is 7.22. The van der Waals surface area contributed by atoms with Gasteiger partial charge in [-0.05, 0) is 25.0 Å². The molecule has 4 nitrogen and oxygen atoms in total. The summed E-state index contributed by atoms with van der Waals surface area (Å²) in [6, 6.07) is 7.67. The third-order valence-electron chi connectivity index (χ3n) is 3.48. The first-order chi connectivity index (χ1) is 9.75. The van der Waals surface area contributed by atoms with E-state index in [0.29, 0.717) is 24.2 Å². The highest BCUT2D eigenvalue weighted by atomic mass is 32.1. The molecular weight excluding hydrogens is 274 g/mol. The molecule has 1 saturated heterocycles. The maximum atomic E-state index is 5.87. The normalized spacial score (nSPS) is 18.5. The number of para-hydroxylation sites is 1. The fourth-order valence-electron chi connectivity index (χ4n) is 2.49. The van der Waals surface area contributed by atoms with Gasteiger partial charge in [-0.15, -0.1) is 0 Å². The predicted octanol–water partition coefficient (Wildman–Crippen LogP) is 3.01. The average molecular weight is 291 g/mol. The van der Waals surface area contributed by atoms with Gasteiger partial charge in [0.15, 0.2) is 5.75 Å². The Labute approximate surface area is 122 Å². The third-order valence-corrected chi connectivity index (χ3v) is 3.67. The van der Waals surface area contributed by atoms with Crippen molar-refractivity contribution in [2.45, 2.75) is 25.4 Å². The Morgan fingerprint density at radius 3 is 3.00 bits per heavy atom. The molecule has 0 bridgehead atoms. The minimum Gasteiger partial charge on any atom is -0.489 e. The number of furan rings is 1. The fourth-order valence-corrected chi connectivity index (χ4v) is 2.63. The molecule has 20 heavy (non-hydrogen) atoms. The fraction of sp³-hybridized carbons (Fsp3) is 0.400. The summed E-state index contributed by atoms with van der Waals surface area (Å²) in [6.07, 6.45) is 3.42. The lowest BCUT2D eigenvalue weighted by Crippen LogP contribution is -2.13. The van der Waals surface area contributed by atoms with Crippen molar-refractivity contribution in [1.29, 1.82) is 0 Å². The number of ether oxygens (including phenoxy) is 2. The summed E-state index contributed by atoms with van der Waals surface area (Å²) < 4.78 is 17.1. The average Bonchev–Trinajstić information content (AvgIpc) is 3.07. The Kier molecular flexibility index (Phi) is 3.89. The predicted molar refractivity (Wildman–Crippen MR) is 81.2 cm³/mol. The van der Waals surface area contributed by atoms with Crippen molar-refractivity contribution < 1.29 is 13.9 Å². The molecule has 1 atom stereocenters. The molecule has 0 saturated carbocycles. The molecule has 2 heterocycles. The SMILES string of the molecule is NC(=S)c1oc2ccccc2c1OCCC1CCCO1. The van der Waals surface area contributed by atoms with Gasteiger partial charge in [-0.2, -0.15) is 0 Å². The summed E-state index contributed by atoms with van der Waals surface area (Å²) in [5.41, 5.74) is 6.44. The summed E-state index contributed by atoms with van der Waals surface area (Å²) in [5, 5.41) is 0.905. The molecule has 0 spiro atoms. The largest absolute Gasteiger partial charge is 0.489 e. The molecule has 0 amide bonds. The van der Waals surface area contributed by atoms with Gasteiger partial charge in [-0.25, -0.2) is 0 Å². The van der Waals surface area contributed by atoms with E-state index in [4.69, 9.17) is 31.8 Å². The van der Waals surface area contributed by atoms with Crippen LogP contribution in [0.3, 0.4) is 0 Å². The van der Waals surface area contributed by atoms with Crippen LogP contribution in [-0.4, -0.2) is 24.3 Å². The van der Waals surface area contributed by atoms with E-state index >= 15 is 0 Å².